The summed E-state index contributed by atoms with van der Waals surface area (Å²) in [6, 6.07) is 7.58. The van der Waals surface area contributed by atoms with Crippen LogP contribution in [0, 0.1) is 21.4 Å². The normalized spacial score (nSPS) is 11.6. The van der Waals surface area contributed by atoms with E-state index < -0.39 is 39.6 Å². The summed E-state index contributed by atoms with van der Waals surface area (Å²) in [7, 11) is 0. The number of nitrogens with zero attached hydrogens (tertiary/aromatic N) is 2. The van der Waals surface area contributed by atoms with Gasteiger partial charge in [-0.05, 0) is 51.8 Å². The molecule has 0 aliphatic carbocycles. The highest BCUT2D eigenvalue weighted by Gasteiger charge is 2.30. The number of alkyl halides is 3. The van der Waals surface area contributed by atoms with Crippen molar-refractivity contribution in [2.24, 2.45) is 0 Å². The number of phenols is 1. The number of phenolic OH excluding ortho intramolecular Hbond substituents is 1. The zero-order valence-electron chi connectivity index (χ0n) is 13.6. The van der Waals surface area contributed by atoms with Gasteiger partial charge in [-0.15, -0.1) is 0 Å². The van der Waals surface area contributed by atoms with E-state index in [1.807, 2.05) is 0 Å². The fourth-order valence-electron chi connectivity index (χ4n) is 2.11. The van der Waals surface area contributed by atoms with E-state index in [1.165, 1.54) is 12.1 Å². The van der Waals surface area contributed by atoms with Crippen LogP contribution in [-0.4, -0.2) is 15.9 Å². The fourth-order valence-corrected chi connectivity index (χ4v) is 2.58. The molecule has 7 nitrogen and oxygen atoms in total. The molecule has 0 aromatic heterocycles. The minimum absolute atomic E-state index is 0.0384. The van der Waals surface area contributed by atoms with Crippen molar-refractivity contribution in [1.82, 2.24) is 0 Å². The molecule has 0 heterocycles. The van der Waals surface area contributed by atoms with Gasteiger partial charge in [0.25, 0.3) is 5.91 Å². The molecule has 0 radical (unpaired) electrons. The number of aromatic hydroxyl groups is 1. The van der Waals surface area contributed by atoms with Gasteiger partial charge in [-0.1, -0.05) is 6.07 Å². The largest absolute Gasteiger partial charge is 0.501 e. The molecule has 0 bridgehead atoms. The number of carbonyl (C=O) groups excluding carboxylic acids is 1. The van der Waals surface area contributed by atoms with Crippen molar-refractivity contribution < 1.29 is 28.0 Å². The number of nitrogens with one attached hydrogen (secondary N) is 1. The highest BCUT2D eigenvalue weighted by molar-refractivity contribution is 9.10. The van der Waals surface area contributed by atoms with E-state index in [2.05, 4.69) is 21.2 Å². The molecule has 2 aromatic rings. The fraction of sp³-hybridized carbons (Fsp3) is 0.0588. The number of nitriles is 1. The molecule has 0 aliphatic heterocycles. The first kappa shape index (κ1) is 20.9. The maximum Gasteiger partial charge on any atom is 0.416 e. The van der Waals surface area contributed by atoms with E-state index in [1.54, 1.807) is 6.07 Å². The first-order valence-electron chi connectivity index (χ1n) is 7.30. The highest BCUT2D eigenvalue weighted by atomic mass is 79.9. The van der Waals surface area contributed by atoms with E-state index >= 15 is 0 Å². The number of anilines is 1. The highest BCUT2D eigenvalue weighted by Crippen LogP contribution is 2.35. The van der Waals surface area contributed by atoms with Crippen LogP contribution in [0.15, 0.2) is 46.4 Å². The van der Waals surface area contributed by atoms with Gasteiger partial charge in [-0.2, -0.15) is 18.4 Å². The third kappa shape index (κ3) is 4.86. The molecular formula is C17H9BrF3N3O4. The van der Waals surface area contributed by atoms with Crippen LogP contribution in [0.25, 0.3) is 6.08 Å². The van der Waals surface area contributed by atoms with Gasteiger partial charge in [-0.3, -0.25) is 14.9 Å². The van der Waals surface area contributed by atoms with Gasteiger partial charge in [0.15, 0.2) is 0 Å². The van der Waals surface area contributed by atoms with Gasteiger partial charge < -0.3 is 10.4 Å². The van der Waals surface area contributed by atoms with Crippen molar-refractivity contribution in [2.45, 2.75) is 6.18 Å². The van der Waals surface area contributed by atoms with Crippen LogP contribution >= 0.6 is 15.9 Å². The molecule has 0 fully saturated rings. The Morgan fingerprint density at radius 1 is 1.32 bits per heavy atom. The Kier molecular flexibility index (Phi) is 6.05. The lowest BCUT2D eigenvalue weighted by Crippen LogP contribution is -2.14. The lowest BCUT2D eigenvalue weighted by Gasteiger charge is -2.09. The van der Waals surface area contributed by atoms with E-state index in [0.717, 1.165) is 24.3 Å². The smallest absolute Gasteiger partial charge is 0.416 e. The first-order chi connectivity index (χ1) is 13.0. The van der Waals surface area contributed by atoms with Gasteiger partial charge in [0.05, 0.1) is 15.0 Å². The van der Waals surface area contributed by atoms with E-state index in [0.29, 0.717) is 6.07 Å². The van der Waals surface area contributed by atoms with Crippen molar-refractivity contribution in [3.05, 3.63) is 67.7 Å². The summed E-state index contributed by atoms with van der Waals surface area (Å²) in [6.45, 7) is 0. The van der Waals surface area contributed by atoms with Gasteiger partial charge in [-0.25, -0.2) is 0 Å². The number of halogens is 4. The van der Waals surface area contributed by atoms with Crippen molar-refractivity contribution in [3.63, 3.8) is 0 Å². The first-order valence-corrected chi connectivity index (χ1v) is 8.09. The maximum atomic E-state index is 12.7. The molecular weight excluding hydrogens is 447 g/mol. The van der Waals surface area contributed by atoms with Crippen molar-refractivity contribution in [3.8, 4) is 11.8 Å². The van der Waals surface area contributed by atoms with Gasteiger partial charge in [0.2, 0.25) is 5.75 Å². The van der Waals surface area contributed by atoms with Gasteiger partial charge >= 0.3 is 11.9 Å². The molecule has 1 amide bonds. The minimum Gasteiger partial charge on any atom is -0.501 e. The van der Waals surface area contributed by atoms with Crippen LogP contribution in [0.2, 0.25) is 0 Å². The average Bonchev–Trinajstić information content (AvgIpc) is 2.61. The summed E-state index contributed by atoms with van der Waals surface area (Å²) in [5.41, 5.74) is -2.28. The predicted octanol–water partition coefficient (Wildman–Crippen LogP) is 4.63. The quantitative estimate of drug-likeness (QED) is 0.301. The molecule has 2 aromatic carbocycles. The number of rotatable bonds is 4. The zero-order valence-corrected chi connectivity index (χ0v) is 15.2. The monoisotopic (exact) mass is 455 g/mol. The van der Waals surface area contributed by atoms with Crippen molar-refractivity contribution in [2.75, 3.05) is 5.32 Å². The molecule has 2 N–H and O–H groups in total. The van der Waals surface area contributed by atoms with Crippen molar-refractivity contribution in [1.29, 1.82) is 5.26 Å². The Morgan fingerprint density at radius 2 is 2.00 bits per heavy atom. The molecule has 2 rings (SSSR count). The Balaban J connectivity index is 2.35. The number of amides is 1. The summed E-state index contributed by atoms with van der Waals surface area (Å²) >= 11 is 2.92. The van der Waals surface area contributed by atoms with Gasteiger partial charge in [0.1, 0.15) is 11.6 Å². The lowest BCUT2D eigenvalue weighted by atomic mass is 10.1. The number of nitro benzene ring substituents is 1. The topological polar surface area (TPSA) is 116 Å². The maximum absolute atomic E-state index is 12.7. The summed E-state index contributed by atoms with van der Waals surface area (Å²) < 4.78 is 38.2. The van der Waals surface area contributed by atoms with Crippen LogP contribution in [0.1, 0.15) is 11.1 Å². The molecule has 144 valence electrons. The van der Waals surface area contributed by atoms with E-state index in [-0.39, 0.29) is 15.7 Å². The molecule has 0 atom stereocenters. The molecule has 28 heavy (non-hydrogen) atoms. The molecule has 0 spiro atoms. The Labute approximate surface area is 164 Å². The lowest BCUT2D eigenvalue weighted by molar-refractivity contribution is -0.386. The molecule has 11 heteroatoms. The molecule has 0 saturated heterocycles. The SMILES string of the molecule is N#C/C(=C/c1cc(Br)c(O)c([N+](=O)[O-])c1)C(=O)Nc1cccc(C(F)(F)F)c1. The number of benzene rings is 2. The molecule has 0 aliphatic rings. The van der Waals surface area contributed by atoms with Crippen LogP contribution < -0.4 is 5.32 Å². The second kappa shape index (κ2) is 8.10. The number of nitro groups is 1. The number of carbonyl (C=O) groups is 1. The average molecular weight is 456 g/mol. The van der Waals surface area contributed by atoms with Gasteiger partial charge in [0, 0.05) is 11.8 Å². The summed E-state index contributed by atoms with van der Waals surface area (Å²) in [5, 5.41) is 31.9. The second-order valence-corrected chi connectivity index (χ2v) is 6.18. The zero-order chi connectivity index (χ0) is 21.1. The Hall–Kier alpha value is -3.39. The molecule has 0 unspecified atom stereocenters. The summed E-state index contributed by atoms with van der Waals surface area (Å²) in [5.74, 6) is -1.64. The summed E-state index contributed by atoms with van der Waals surface area (Å²) in [6.07, 6.45) is -3.61. The standard InChI is InChI=1S/C17H9BrF3N3O4/c18-13-5-9(6-14(15(13)25)24(27)28)4-10(8-22)16(26)23-12-3-1-2-11(7-12)17(19,20)21/h1-7,25H,(H,23,26)/b10-4-. The van der Waals surface area contributed by atoms with Crippen LogP contribution in [0.5, 0.6) is 5.75 Å². The summed E-state index contributed by atoms with van der Waals surface area (Å²) in [4.78, 5) is 22.3. The molecule has 0 saturated carbocycles. The van der Waals surface area contributed by atoms with Crippen LogP contribution in [0.4, 0.5) is 24.5 Å². The van der Waals surface area contributed by atoms with E-state index in [9.17, 15) is 33.2 Å². The number of hydrogen-bond donors (Lipinski definition) is 2. The number of hydrogen-bond acceptors (Lipinski definition) is 5. The van der Waals surface area contributed by atoms with Crippen molar-refractivity contribution >= 4 is 39.3 Å². The third-order valence-corrected chi connectivity index (χ3v) is 3.99. The second-order valence-electron chi connectivity index (χ2n) is 5.33. The van der Waals surface area contributed by atoms with E-state index in [4.69, 9.17) is 5.26 Å². The van der Waals surface area contributed by atoms with Crippen LogP contribution in [-0.2, 0) is 11.0 Å². The Bertz CT molecular complexity index is 1030. The minimum atomic E-state index is -4.61. The van der Waals surface area contributed by atoms with Crippen LogP contribution in [0.3, 0.4) is 0 Å². The third-order valence-electron chi connectivity index (χ3n) is 3.39. The predicted molar refractivity (Wildman–Crippen MR) is 96.1 cm³/mol. The Morgan fingerprint density at radius 3 is 2.57 bits per heavy atom.